The van der Waals surface area contributed by atoms with Crippen molar-refractivity contribution < 1.29 is 41.9 Å². The molecule has 183 valence electrons. The first kappa shape index (κ1) is 30.4. The van der Waals surface area contributed by atoms with E-state index in [4.69, 9.17) is 0 Å². The first-order valence-electron chi connectivity index (χ1n) is 11.8. The largest absolute Gasteiger partial charge is 2.00 e. The van der Waals surface area contributed by atoms with Crippen molar-refractivity contribution in [2.24, 2.45) is 0 Å². The van der Waals surface area contributed by atoms with Crippen LogP contribution in [-0.4, -0.2) is 85.0 Å². The van der Waals surface area contributed by atoms with E-state index in [-0.39, 0.29) is 41.9 Å². The van der Waals surface area contributed by atoms with Gasteiger partial charge in [-0.2, -0.15) is 0 Å². The molecule has 7 heteroatoms. The van der Waals surface area contributed by atoms with Gasteiger partial charge in [0.05, 0.1) is 0 Å². The minimum Gasteiger partial charge on any atom is -1.00 e. The number of rotatable bonds is 4. The normalized spacial score (nSPS) is 22.8. The summed E-state index contributed by atoms with van der Waals surface area (Å²) in [4.78, 5) is 10.8. The molecule has 0 saturated carbocycles. The van der Waals surface area contributed by atoms with Crippen molar-refractivity contribution in [1.82, 2.24) is 19.6 Å². The van der Waals surface area contributed by atoms with Crippen molar-refractivity contribution >= 4 is 0 Å². The van der Waals surface area contributed by atoms with Crippen LogP contribution in [0.4, 0.5) is 0 Å². The predicted molar refractivity (Wildman–Crippen MR) is 126 cm³/mol. The van der Waals surface area contributed by atoms with Gasteiger partial charge in [0.1, 0.15) is 0 Å². The zero-order chi connectivity index (χ0) is 20.4. The molecule has 2 atom stereocenters. The molecular formula is C26H38Cl2MnN4. The topological polar surface area (TPSA) is 13.0 Å². The zero-order valence-corrected chi connectivity index (χ0v) is 22.3. The molecule has 4 nitrogen and oxygen atoms in total. The molecule has 0 aromatic heterocycles. The van der Waals surface area contributed by atoms with Crippen LogP contribution in [0.2, 0.25) is 0 Å². The summed E-state index contributed by atoms with van der Waals surface area (Å²) in [6.07, 6.45) is 2.54. The molecule has 0 amide bonds. The summed E-state index contributed by atoms with van der Waals surface area (Å²) in [5.41, 5.74) is 2.88. The molecule has 4 rings (SSSR count). The Bertz CT molecular complexity index is 674. The van der Waals surface area contributed by atoms with Crippen molar-refractivity contribution in [2.45, 2.75) is 25.9 Å². The fourth-order valence-corrected chi connectivity index (χ4v) is 4.78. The first-order chi connectivity index (χ1) is 14.8. The van der Waals surface area contributed by atoms with Crippen LogP contribution >= 0.6 is 0 Å². The third-order valence-electron chi connectivity index (χ3n) is 6.59. The van der Waals surface area contributed by atoms with Gasteiger partial charge in [-0.1, -0.05) is 60.7 Å². The first-order valence-corrected chi connectivity index (χ1v) is 11.8. The minimum atomic E-state index is 0. The maximum absolute atomic E-state index is 2.71. The molecule has 2 fully saturated rings. The van der Waals surface area contributed by atoms with Gasteiger partial charge >= 0.3 is 17.1 Å². The Hall–Kier alpha value is -0.621. The Morgan fingerprint density at radius 2 is 0.818 bits per heavy atom. The Morgan fingerprint density at radius 1 is 0.455 bits per heavy atom. The van der Waals surface area contributed by atoms with E-state index in [2.05, 4.69) is 80.3 Å². The van der Waals surface area contributed by atoms with Crippen LogP contribution < -0.4 is 24.8 Å². The number of fused-ring (bicyclic) bond motifs is 3. The fraction of sp³-hybridized carbons (Fsp3) is 0.538. The van der Waals surface area contributed by atoms with Crippen LogP contribution in [0, 0.1) is 0 Å². The van der Waals surface area contributed by atoms with Gasteiger partial charge in [-0.25, -0.2) is 0 Å². The quantitative estimate of drug-likeness (QED) is 0.401. The molecule has 0 N–H and O–H groups in total. The minimum absolute atomic E-state index is 0. The molecule has 2 aliphatic rings. The molecule has 2 unspecified atom stereocenters. The molecule has 0 spiro atoms. The number of hydrogen-bond acceptors (Lipinski definition) is 4. The molecule has 2 aromatic carbocycles. The SMILES string of the molecule is [Cl-].[Cl-].[Mn+2].c1ccc(CN2CCCN3CCN(CCCN(Cc4ccccc4)CC3)CC2)cc1. The van der Waals surface area contributed by atoms with E-state index in [1.54, 1.807) is 0 Å². The summed E-state index contributed by atoms with van der Waals surface area (Å²) in [5, 5.41) is 0. The van der Waals surface area contributed by atoms with E-state index in [0.717, 1.165) is 13.1 Å². The third kappa shape index (κ3) is 10.7. The summed E-state index contributed by atoms with van der Waals surface area (Å²) in [7, 11) is 0. The second kappa shape index (κ2) is 16.9. The van der Waals surface area contributed by atoms with E-state index in [0.29, 0.717) is 0 Å². The molecule has 0 aliphatic carbocycles. The van der Waals surface area contributed by atoms with Crippen molar-refractivity contribution in [2.75, 3.05) is 65.4 Å². The fourth-order valence-electron chi connectivity index (χ4n) is 4.78. The van der Waals surface area contributed by atoms with Crippen LogP contribution in [-0.2, 0) is 30.2 Å². The van der Waals surface area contributed by atoms with Crippen LogP contribution in [0.3, 0.4) is 0 Å². The molecule has 33 heavy (non-hydrogen) atoms. The average molecular weight is 532 g/mol. The molecule has 2 heterocycles. The van der Waals surface area contributed by atoms with Gasteiger partial charge in [-0.05, 0) is 50.1 Å². The van der Waals surface area contributed by atoms with Gasteiger partial charge in [0, 0.05) is 52.4 Å². The summed E-state index contributed by atoms with van der Waals surface area (Å²) >= 11 is 0. The zero-order valence-electron chi connectivity index (χ0n) is 19.6. The van der Waals surface area contributed by atoms with Crippen molar-refractivity contribution in [3.63, 3.8) is 0 Å². The van der Waals surface area contributed by atoms with Crippen molar-refractivity contribution in [3.8, 4) is 0 Å². The molecule has 2 saturated heterocycles. The number of benzene rings is 2. The van der Waals surface area contributed by atoms with Gasteiger partial charge in [0.15, 0.2) is 0 Å². The second-order valence-corrected chi connectivity index (χ2v) is 8.91. The van der Waals surface area contributed by atoms with Crippen molar-refractivity contribution in [1.29, 1.82) is 0 Å². The Morgan fingerprint density at radius 3 is 1.21 bits per heavy atom. The van der Waals surface area contributed by atoms with Crippen LogP contribution in [0.15, 0.2) is 60.7 Å². The summed E-state index contributed by atoms with van der Waals surface area (Å²) in [6, 6.07) is 22.0. The molecule has 2 aliphatic heterocycles. The smallest absolute Gasteiger partial charge is 1.00 e. The monoisotopic (exact) mass is 531 g/mol. The van der Waals surface area contributed by atoms with Gasteiger partial charge in [0.25, 0.3) is 0 Å². The number of halogens is 2. The predicted octanol–water partition coefficient (Wildman–Crippen LogP) is -2.59. The van der Waals surface area contributed by atoms with Gasteiger partial charge in [0.2, 0.25) is 0 Å². The van der Waals surface area contributed by atoms with Gasteiger partial charge in [-0.3, -0.25) is 9.80 Å². The van der Waals surface area contributed by atoms with E-state index in [1.807, 2.05) is 0 Å². The Kier molecular flexibility index (Phi) is 15.6. The van der Waals surface area contributed by atoms with Crippen LogP contribution in [0.25, 0.3) is 0 Å². The van der Waals surface area contributed by atoms with Crippen molar-refractivity contribution in [3.05, 3.63) is 71.8 Å². The molecular weight excluding hydrogens is 494 g/mol. The van der Waals surface area contributed by atoms with Crippen LogP contribution in [0.1, 0.15) is 24.0 Å². The number of hydrogen-bond donors (Lipinski definition) is 0. The van der Waals surface area contributed by atoms with E-state index >= 15 is 0 Å². The molecule has 1 radical (unpaired) electrons. The summed E-state index contributed by atoms with van der Waals surface area (Å²) < 4.78 is 0. The summed E-state index contributed by atoms with van der Waals surface area (Å²) in [6.45, 7) is 14.2. The third-order valence-corrected chi connectivity index (χ3v) is 6.59. The maximum atomic E-state index is 2.71. The Balaban J connectivity index is 0.00000181. The Labute approximate surface area is 224 Å². The second-order valence-electron chi connectivity index (χ2n) is 8.91. The van der Waals surface area contributed by atoms with E-state index < -0.39 is 0 Å². The van der Waals surface area contributed by atoms with Gasteiger partial charge in [-0.15, -0.1) is 0 Å². The average Bonchev–Trinajstić information content (AvgIpc) is 2.79. The van der Waals surface area contributed by atoms with Gasteiger partial charge < -0.3 is 34.6 Å². The van der Waals surface area contributed by atoms with E-state index in [9.17, 15) is 0 Å². The van der Waals surface area contributed by atoms with Crippen LogP contribution in [0.5, 0.6) is 0 Å². The molecule has 2 bridgehead atoms. The maximum Gasteiger partial charge on any atom is 2.00 e. The van der Waals surface area contributed by atoms with E-state index in [1.165, 1.54) is 89.4 Å². The number of nitrogens with zero attached hydrogens (tertiary/aromatic N) is 4. The standard InChI is InChI=1S/C26H38N4.2ClH.Mn/c1-3-9-25(10-4-1)23-29-15-7-13-28-18-17-27(19-21-29)14-8-16-30(22-20-28)24-26-11-5-2-6-12-26;;;/h1-6,9-12H,7-8,13-24H2;2*1H;/q;;;+2/p-2. The summed E-state index contributed by atoms with van der Waals surface area (Å²) in [5.74, 6) is 0. The molecule has 2 aromatic rings.